The first-order valence-electron chi connectivity index (χ1n) is 12.0. The Kier molecular flexibility index (Phi) is 6.88. The van der Waals surface area contributed by atoms with Gasteiger partial charge in [-0.2, -0.15) is 0 Å². The van der Waals surface area contributed by atoms with E-state index in [2.05, 4.69) is 20.6 Å². The Morgan fingerprint density at radius 1 is 1.00 bits per heavy atom. The summed E-state index contributed by atoms with van der Waals surface area (Å²) in [6, 6.07) is 19.3. The predicted molar refractivity (Wildman–Crippen MR) is 136 cm³/mol. The summed E-state index contributed by atoms with van der Waals surface area (Å²) in [4.78, 5) is 36.9. The van der Waals surface area contributed by atoms with Crippen molar-refractivity contribution in [3.05, 3.63) is 100 Å². The van der Waals surface area contributed by atoms with Crippen LogP contribution in [-0.2, 0) is 13.1 Å². The topological polar surface area (TPSA) is 92.2 Å². The van der Waals surface area contributed by atoms with Crippen molar-refractivity contribution in [1.29, 1.82) is 0 Å². The van der Waals surface area contributed by atoms with Gasteiger partial charge in [0.25, 0.3) is 5.56 Å². The number of urea groups is 1. The van der Waals surface area contributed by atoms with Crippen molar-refractivity contribution >= 4 is 23.0 Å². The second kappa shape index (κ2) is 10.6. The Hall–Kier alpha value is -4.27. The van der Waals surface area contributed by atoms with E-state index in [1.54, 1.807) is 22.9 Å². The molecule has 2 aromatic carbocycles. The van der Waals surface area contributed by atoms with Crippen LogP contribution in [0.3, 0.4) is 0 Å². The number of benzene rings is 2. The predicted octanol–water partition coefficient (Wildman–Crippen LogP) is 3.45. The summed E-state index contributed by atoms with van der Waals surface area (Å²) in [6.07, 6.45) is 3.03. The second-order valence-electron chi connectivity index (χ2n) is 8.88. The molecule has 1 aliphatic rings. The number of hydrogen-bond donors (Lipinski definition) is 2. The maximum Gasteiger partial charge on any atom is 0.315 e. The summed E-state index contributed by atoms with van der Waals surface area (Å²) in [7, 11) is 0. The molecule has 0 saturated carbocycles. The van der Waals surface area contributed by atoms with Gasteiger partial charge in [-0.25, -0.2) is 19.2 Å². The van der Waals surface area contributed by atoms with Crippen LogP contribution in [0, 0.1) is 5.82 Å². The smallest absolute Gasteiger partial charge is 0.315 e. The van der Waals surface area contributed by atoms with E-state index in [-0.39, 0.29) is 30.0 Å². The van der Waals surface area contributed by atoms with E-state index in [9.17, 15) is 14.0 Å². The minimum atomic E-state index is -0.331. The number of carbonyl (C=O) groups is 1. The summed E-state index contributed by atoms with van der Waals surface area (Å²) < 4.78 is 15.0. The van der Waals surface area contributed by atoms with Crippen LogP contribution in [0.2, 0.25) is 0 Å². The number of nitrogens with one attached hydrogen (secondary N) is 2. The fourth-order valence-corrected chi connectivity index (χ4v) is 4.48. The number of halogens is 1. The number of pyridine rings is 1. The Balaban J connectivity index is 1.26. The zero-order valence-corrected chi connectivity index (χ0v) is 19.7. The number of piperidine rings is 1. The Labute approximate surface area is 207 Å². The Morgan fingerprint density at radius 2 is 1.78 bits per heavy atom. The van der Waals surface area contributed by atoms with Gasteiger partial charge < -0.3 is 15.5 Å². The van der Waals surface area contributed by atoms with E-state index in [1.807, 2.05) is 47.4 Å². The quantitative estimate of drug-likeness (QED) is 0.436. The van der Waals surface area contributed by atoms with E-state index in [0.29, 0.717) is 55.0 Å². The molecule has 0 atom stereocenters. The molecule has 2 aromatic heterocycles. The van der Waals surface area contributed by atoms with Gasteiger partial charge in [0.1, 0.15) is 11.3 Å². The summed E-state index contributed by atoms with van der Waals surface area (Å²) in [6.45, 7) is 1.84. The average Bonchev–Trinajstić information content (AvgIpc) is 2.90. The highest BCUT2D eigenvalue weighted by atomic mass is 19.1. The molecular weight excluding hydrogens is 459 g/mol. The first kappa shape index (κ1) is 23.5. The van der Waals surface area contributed by atoms with Crippen LogP contribution in [0.4, 0.5) is 15.0 Å². The SMILES string of the molecule is O=C(NCc1cccc(F)c1)NC1CCN(c2nc3cccnc3n(Cc3ccccc3)c2=O)CC1. The van der Waals surface area contributed by atoms with Gasteiger partial charge in [0, 0.05) is 31.9 Å². The van der Waals surface area contributed by atoms with Crippen molar-refractivity contribution in [2.75, 3.05) is 18.0 Å². The molecule has 2 N–H and O–H groups in total. The van der Waals surface area contributed by atoms with E-state index >= 15 is 0 Å². The molecule has 0 unspecified atom stereocenters. The molecule has 9 heteroatoms. The number of anilines is 1. The van der Waals surface area contributed by atoms with Crippen molar-refractivity contribution in [1.82, 2.24) is 25.2 Å². The molecule has 0 aliphatic carbocycles. The van der Waals surface area contributed by atoms with Crippen molar-refractivity contribution in [3.8, 4) is 0 Å². The lowest BCUT2D eigenvalue weighted by Gasteiger charge is -2.33. The van der Waals surface area contributed by atoms with Crippen molar-refractivity contribution in [2.24, 2.45) is 0 Å². The van der Waals surface area contributed by atoms with Crippen LogP contribution in [0.15, 0.2) is 77.7 Å². The maximum atomic E-state index is 13.5. The van der Waals surface area contributed by atoms with E-state index in [4.69, 9.17) is 0 Å². The van der Waals surface area contributed by atoms with Crippen LogP contribution in [-0.4, -0.2) is 39.7 Å². The molecule has 1 saturated heterocycles. The zero-order valence-electron chi connectivity index (χ0n) is 19.7. The van der Waals surface area contributed by atoms with Gasteiger partial charge in [-0.1, -0.05) is 42.5 Å². The fraction of sp³-hybridized carbons (Fsp3) is 0.259. The van der Waals surface area contributed by atoms with Gasteiger partial charge in [-0.05, 0) is 48.2 Å². The van der Waals surface area contributed by atoms with E-state index in [1.165, 1.54) is 12.1 Å². The molecule has 5 rings (SSSR count). The molecule has 8 nitrogen and oxygen atoms in total. The molecule has 3 heterocycles. The van der Waals surface area contributed by atoms with Crippen LogP contribution < -0.4 is 21.1 Å². The highest BCUT2D eigenvalue weighted by Crippen LogP contribution is 2.18. The van der Waals surface area contributed by atoms with Gasteiger partial charge in [-0.15, -0.1) is 0 Å². The van der Waals surface area contributed by atoms with Gasteiger partial charge in [0.15, 0.2) is 11.5 Å². The molecule has 0 radical (unpaired) electrons. The highest BCUT2D eigenvalue weighted by molar-refractivity contribution is 5.74. The second-order valence-corrected chi connectivity index (χ2v) is 8.88. The first-order chi connectivity index (χ1) is 17.6. The third kappa shape index (κ3) is 5.35. The van der Waals surface area contributed by atoms with E-state index < -0.39 is 0 Å². The minimum absolute atomic E-state index is 0.0255. The molecule has 184 valence electrons. The average molecular weight is 487 g/mol. The third-order valence-electron chi connectivity index (χ3n) is 6.34. The summed E-state index contributed by atoms with van der Waals surface area (Å²) >= 11 is 0. The van der Waals surface area contributed by atoms with Crippen LogP contribution >= 0.6 is 0 Å². The fourth-order valence-electron chi connectivity index (χ4n) is 4.48. The van der Waals surface area contributed by atoms with Crippen LogP contribution in [0.25, 0.3) is 11.2 Å². The number of aromatic nitrogens is 3. The van der Waals surface area contributed by atoms with Gasteiger partial charge >= 0.3 is 6.03 Å². The summed E-state index contributed by atoms with van der Waals surface area (Å²) in [5.41, 5.74) is 2.76. The Bertz CT molecular complexity index is 1420. The van der Waals surface area contributed by atoms with Crippen molar-refractivity contribution < 1.29 is 9.18 Å². The van der Waals surface area contributed by atoms with E-state index in [0.717, 1.165) is 5.56 Å². The van der Waals surface area contributed by atoms with Crippen molar-refractivity contribution in [2.45, 2.75) is 32.0 Å². The summed E-state index contributed by atoms with van der Waals surface area (Å²) in [5, 5.41) is 5.75. The molecule has 2 amide bonds. The van der Waals surface area contributed by atoms with Crippen LogP contribution in [0.1, 0.15) is 24.0 Å². The third-order valence-corrected chi connectivity index (χ3v) is 6.34. The molecule has 1 fully saturated rings. The standard InChI is InChI=1S/C27H27FN6O2/c28-21-9-4-8-20(16-21)17-30-27(36)31-22-11-14-33(15-12-22)25-26(35)34(18-19-6-2-1-3-7-19)24-23(32-25)10-5-13-29-24/h1-10,13,16,22H,11-12,14-15,17-18H2,(H2,30,31,36). The molecule has 1 aliphatic heterocycles. The number of rotatable bonds is 6. The number of amides is 2. The lowest BCUT2D eigenvalue weighted by atomic mass is 10.1. The monoisotopic (exact) mass is 486 g/mol. The van der Waals surface area contributed by atoms with Gasteiger partial charge in [0.05, 0.1) is 6.54 Å². The molecular formula is C27H27FN6O2. The van der Waals surface area contributed by atoms with Crippen molar-refractivity contribution in [3.63, 3.8) is 0 Å². The molecule has 0 spiro atoms. The van der Waals surface area contributed by atoms with Crippen LogP contribution in [0.5, 0.6) is 0 Å². The van der Waals surface area contributed by atoms with Gasteiger partial charge in [0.2, 0.25) is 0 Å². The minimum Gasteiger partial charge on any atom is -0.352 e. The lowest BCUT2D eigenvalue weighted by molar-refractivity contribution is 0.234. The molecule has 0 bridgehead atoms. The largest absolute Gasteiger partial charge is 0.352 e. The number of nitrogens with zero attached hydrogens (tertiary/aromatic N) is 4. The Morgan fingerprint density at radius 3 is 2.56 bits per heavy atom. The number of hydrogen-bond acceptors (Lipinski definition) is 5. The van der Waals surface area contributed by atoms with Gasteiger partial charge in [-0.3, -0.25) is 9.36 Å². The summed E-state index contributed by atoms with van der Waals surface area (Å²) in [5.74, 6) is 0.0726. The number of fused-ring (bicyclic) bond motifs is 1. The zero-order chi connectivity index (χ0) is 24.9. The maximum absolute atomic E-state index is 13.5. The number of carbonyl (C=O) groups excluding carboxylic acids is 1. The molecule has 4 aromatic rings. The molecule has 36 heavy (non-hydrogen) atoms. The lowest BCUT2D eigenvalue weighted by Crippen LogP contribution is -2.49. The first-order valence-corrected chi connectivity index (χ1v) is 12.0. The normalized spacial score (nSPS) is 14.1. The highest BCUT2D eigenvalue weighted by Gasteiger charge is 2.25.